The van der Waals surface area contributed by atoms with Crippen LogP contribution in [0.2, 0.25) is 0 Å². The minimum absolute atomic E-state index is 0.303. The number of hydrogen-bond donors (Lipinski definition) is 0. The third-order valence-corrected chi connectivity index (χ3v) is 1.26. The fourth-order valence-corrected chi connectivity index (χ4v) is 0.789. The molecule has 0 atom stereocenters. The Bertz CT molecular complexity index is 189. The molecule has 0 fully saturated rings. The zero-order valence-electron chi connectivity index (χ0n) is 7.98. The van der Waals surface area contributed by atoms with Crippen LogP contribution in [-0.2, 0) is 9.53 Å². The fourth-order valence-electron chi connectivity index (χ4n) is 0.558. The first kappa shape index (κ1) is 11.5. The van der Waals surface area contributed by atoms with E-state index in [0.29, 0.717) is 11.5 Å². The number of esters is 1. The maximum Gasteiger partial charge on any atom is 0.333 e. The SMILES string of the molecule is C/C(=C\CCl)C(=O)OC(C)(C)C. The summed E-state index contributed by atoms with van der Waals surface area (Å²) in [4.78, 5) is 11.2. The number of hydrogen-bond acceptors (Lipinski definition) is 2. The molecule has 0 aliphatic heterocycles. The van der Waals surface area contributed by atoms with Gasteiger partial charge in [-0.25, -0.2) is 4.79 Å². The molecule has 3 heteroatoms. The molecular weight excluding hydrogens is 176 g/mol. The third-order valence-electron chi connectivity index (χ3n) is 1.10. The van der Waals surface area contributed by atoms with Crippen molar-refractivity contribution >= 4 is 17.6 Å². The van der Waals surface area contributed by atoms with Crippen molar-refractivity contribution in [2.75, 3.05) is 5.88 Å². The summed E-state index contributed by atoms with van der Waals surface area (Å²) in [6.07, 6.45) is 1.63. The van der Waals surface area contributed by atoms with Crippen molar-refractivity contribution in [1.82, 2.24) is 0 Å². The van der Waals surface area contributed by atoms with Crippen molar-refractivity contribution in [2.24, 2.45) is 0 Å². The Balaban J connectivity index is 4.15. The van der Waals surface area contributed by atoms with Gasteiger partial charge in [-0.2, -0.15) is 0 Å². The average Bonchev–Trinajstić information content (AvgIpc) is 1.84. The van der Waals surface area contributed by atoms with Crippen LogP contribution in [0.25, 0.3) is 0 Å². The second-order valence-electron chi connectivity index (χ2n) is 3.54. The first-order valence-electron chi connectivity index (χ1n) is 3.83. The molecule has 70 valence electrons. The van der Waals surface area contributed by atoms with E-state index >= 15 is 0 Å². The highest BCUT2D eigenvalue weighted by Crippen LogP contribution is 2.10. The summed E-state index contributed by atoms with van der Waals surface area (Å²) >= 11 is 5.43. The summed E-state index contributed by atoms with van der Waals surface area (Å²) in [6.45, 7) is 7.19. The molecule has 12 heavy (non-hydrogen) atoms. The average molecular weight is 191 g/mol. The molecule has 0 heterocycles. The van der Waals surface area contributed by atoms with Crippen molar-refractivity contribution in [3.63, 3.8) is 0 Å². The predicted molar refractivity (Wildman–Crippen MR) is 50.3 cm³/mol. The standard InChI is InChI=1S/C9H15ClO2/c1-7(5-6-10)8(11)12-9(2,3)4/h5H,6H2,1-4H3/b7-5+. The van der Waals surface area contributed by atoms with Crippen LogP contribution in [-0.4, -0.2) is 17.5 Å². The number of allylic oxidation sites excluding steroid dienone is 1. The lowest BCUT2D eigenvalue weighted by molar-refractivity contribution is -0.149. The van der Waals surface area contributed by atoms with E-state index < -0.39 is 5.60 Å². The Morgan fingerprint density at radius 2 is 2.00 bits per heavy atom. The molecule has 0 spiro atoms. The summed E-state index contributed by atoms with van der Waals surface area (Å²) in [5.74, 6) is 0.0357. The summed E-state index contributed by atoms with van der Waals surface area (Å²) in [5, 5.41) is 0. The number of rotatable bonds is 2. The summed E-state index contributed by atoms with van der Waals surface area (Å²) in [7, 11) is 0. The van der Waals surface area contributed by atoms with Crippen molar-refractivity contribution in [3.05, 3.63) is 11.6 Å². The highest BCUT2D eigenvalue weighted by atomic mass is 35.5. The van der Waals surface area contributed by atoms with E-state index in [1.165, 1.54) is 0 Å². The normalized spacial score (nSPS) is 12.9. The molecule has 0 rings (SSSR count). The van der Waals surface area contributed by atoms with Crippen molar-refractivity contribution in [2.45, 2.75) is 33.3 Å². The van der Waals surface area contributed by atoms with E-state index in [0.717, 1.165) is 0 Å². The van der Waals surface area contributed by atoms with Gasteiger partial charge in [-0.3, -0.25) is 0 Å². The Kier molecular flexibility index (Phi) is 4.32. The van der Waals surface area contributed by atoms with Gasteiger partial charge in [0.05, 0.1) is 0 Å². The molecule has 0 aromatic rings. The van der Waals surface area contributed by atoms with Gasteiger partial charge in [-0.1, -0.05) is 6.08 Å². The van der Waals surface area contributed by atoms with Gasteiger partial charge in [0.1, 0.15) is 5.60 Å². The molecule has 0 aliphatic carbocycles. The lowest BCUT2D eigenvalue weighted by Crippen LogP contribution is -2.24. The molecule has 0 saturated heterocycles. The molecule has 0 aliphatic rings. The van der Waals surface area contributed by atoms with E-state index in [9.17, 15) is 4.79 Å². The number of alkyl halides is 1. The Morgan fingerprint density at radius 1 is 1.50 bits per heavy atom. The van der Waals surface area contributed by atoms with Gasteiger partial charge in [0.15, 0.2) is 0 Å². The van der Waals surface area contributed by atoms with Gasteiger partial charge in [0, 0.05) is 11.5 Å². The molecule has 0 bridgehead atoms. The van der Waals surface area contributed by atoms with Crippen molar-refractivity contribution < 1.29 is 9.53 Å². The van der Waals surface area contributed by atoms with E-state index in [1.807, 2.05) is 20.8 Å². The van der Waals surface area contributed by atoms with Crippen molar-refractivity contribution in [3.8, 4) is 0 Å². The van der Waals surface area contributed by atoms with Gasteiger partial charge in [0.25, 0.3) is 0 Å². The summed E-state index contributed by atoms with van der Waals surface area (Å²) in [6, 6.07) is 0. The topological polar surface area (TPSA) is 26.3 Å². The number of ether oxygens (including phenoxy) is 1. The van der Waals surface area contributed by atoms with Gasteiger partial charge < -0.3 is 4.74 Å². The second-order valence-corrected chi connectivity index (χ2v) is 3.85. The van der Waals surface area contributed by atoms with Crippen molar-refractivity contribution in [1.29, 1.82) is 0 Å². The number of halogens is 1. The Labute approximate surface area is 78.5 Å². The summed E-state index contributed by atoms with van der Waals surface area (Å²) in [5.41, 5.74) is 0.123. The first-order chi connectivity index (χ1) is 5.37. The highest BCUT2D eigenvalue weighted by Gasteiger charge is 2.16. The predicted octanol–water partition coefficient (Wildman–Crippen LogP) is 2.51. The Hall–Kier alpha value is -0.500. The maximum atomic E-state index is 11.2. The number of carbonyl (C=O) groups excluding carboxylic acids is 1. The monoisotopic (exact) mass is 190 g/mol. The van der Waals surface area contributed by atoms with E-state index in [2.05, 4.69) is 0 Å². The van der Waals surface area contributed by atoms with Crippen LogP contribution in [0.5, 0.6) is 0 Å². The fraction of sp³-hybridized carbons (Fsp3) is 0.667. The van der Waals surface area contributed by atoms with Crippen LogP contribution in [0.15, 0.2) is 11.6 Å². The minimum atomic E-state index is -0.432. The van der Waals surface area contributed by atoms with Crippen LogP contribution in [0, 0.1) is 0 Å². The summed E-state index contributed by atoms with van der Waals surface area (Å²) < 4.78 is 5.09. The zero-order chi connectivity index (χ0) is 9.78. The van der Waals surface area contributed by atoms with Gasteiger partial charge in [-0.05, 0) is 27.7 Å². The molecule has 0 N–H and O–H groups in total. The molecule has 0 aromatic heterocycles. The van der Waals surface area contributed by atoms with Crippen LogP contribution >= 0.6 is 11.6 Å². The first-order valence-corrected chi connectivity index (χ1v) is 4.36. The number of carbonyl (C=O) groups is 1. The molecule has 0 saturated carbocycles. The van der Waals surface area contributed by atoms with Gasteiger partial charge in [0.2, 0.25) is 0 Å². The second kappa shape index (κ2) is 4.51. The van der Waals surface area contributed by atoms with Crippen LogP contribution in [0.3, 0.4) is 0 Å². The van der Waals surface area contributed by atoms with E-state index in [4.69, 9.17) is 16.3 Å². The molecule has 0 aromatic carbocycles. The minimum Gasteiger partial charge on any atom is -0.457 e. The van der Waals surface area contributed by atoms with Crippen LogP contribution < -0.4 is 0 Å². The molecule has 0 amide bonds. The third kappa shape index (κ3) is 5.19. The molecule has 0 radical (unpaired) electrons. The van der Waals surface area contributed by atoms with E-state index in [-0.39, 0.29) is 5.97 Å². The maximum absolute atomic E-state index is 11.2. The Morgan fingerprint density at radius 3 is 2.33 bits per heavy atom. The smallest absolute Gasteiger partial charge is 0.333 e. The lowest BCUT2D eigenvalue weighted by Gasteiger charge is -2.19. The lowest BCUT2D eigenvalue weighted by atomic mass is 10.2. The zero-order valence-corrected chi connectivity index (χ0v) is 8.73. The van der Waals surface area contributed by atoms with E-state index in [1.54, 1.807) is 13.0 Å². The van der Waals surface area contributed by atoms with Crippen LogP contribution in [0.1, 0.15) is 27.7 Å². The highest BCUT2D eigenvalue weighted by molar-refractivity contribution is 6.19. The largest absolute Gasteiger partial charge is 0.457 e. The quantitative estimate of drug-likeness (QED) is 0.380. The van der Waals surface area contributed by atoms with Gasteiger partial charge >= 0.3 is 5.97 Å². The molecule has 2 nitrogen and oxygen atoms in total. The molecular formula is C9H15ClO2. The van der Waals surface area contributed by atoms with Crippen LogP contribution in [0.4, 0.5) is 0 Å². The molecule has 0 unspecified atom stereocenters. The van der Waals surface area contributed by atoms with Gasteiger partial charge in [-0.15, -0.1) is 11.6 Å².